The van der Waals surface area contributed by atoms with Crippen LogP contribution in [0.15, 0.2) is 53.0 Å². The van der Waals surface area contributed by atoms with Crippen molar-refractivity contribution in [2.24, 2.45) is 0 Å². The topological polar surface area (TPSA) is 46.5 Å². The van der Waals surface area contributed by atoms with Crippen LogP contribution in [0.4, 0.5) is 4.39 Å². The molecule has 2 rings (SSSR count). The molecule has 5 heteroatoms. The van der Waals surface area contributed by atoms with E-state index >= 15 is 0 Å². The van der Waals surface area contributed by atoms with Gasteiger partial charge in [0.25, 0.3) is 0 Å². The molecule has 0 heterocycles. The van der Waals surface area contributed by atoms with E-state index in [1.807, 2.05) is 0 Å². The number of ether oxygens (including phenoxy) is 1. The fourth-order valence-corrected chi connectivity index (χ4v) is 2.03. The molecule has 0 aliphatic heterocycles. The Morgan fingerprint density at radius 2 is 1.89 bits per heavy atom. The quantitative estimate of drug-likeness (QED) is 0.930. The zero-order valence-electron chi connectivity index (χ0n) is 9.72. The molecule has 0 bridgehead atoms. The minimum Gasteiger partial charge on any atom is -0.478 e. The van der Waals surface area contributed by atoms with Crippen LogP contribution < -0.4 is 4.74 Å². The molecule has 19 heavy (non-hydrogen) atoms. The Morgan fingerprint density at radius 3 is 2.47 bits per heavy atom. The summed E-state index contributed by atoms with van der Waals surface area (Å²) in [4.78, 5) is 11.3. The summed E-state index contributed by atoms with van der Waals surface area (Å²) in [5, 5.41) is 9.22. The zero-order valence-corrected chi connectivity index (χ0v) is 11.3. The third kappa shape index (κ3) is 3.32. The van der Waals surface area contributed by atoms with Crippen molar-refractivity contribution in [1.29, 1.82) is 0 Å². The van der Waals surface area contributed by atoms with Gasteiger partial charge in [0.05, 0.1) is 4.47 Å². The molecule has 0 saturated heterocycles. The van der Waals surface area contributed by atoms with E-state index in [2.05, 4.69) is 15.9 Å². The van der Waals surface area contributed by atoms with Crippen LogP contribution in [-0.2, 0) is 4.79 Å². The number of carboxylic acid groups (broad SMARTS) is 1. The van der Waals surface area contributed by atoms with E-state index in [0.717, 1.165) is 0 Å². The molecule has 98 valence electrons. The van der Waals surface area contributed by atoms with Crippen LogP contribution in [0.25, 0.3) is 0 Å². The van der Waals surface area contributed by atoms with Crippen molar-refractivity contribution < 1.29 is 19.0 Å². The molecule has 0 aliphatic rings. The molecule has 0 amide bonds. The molecule has 2 aromatic rings. The first kappa shape index (κ1) is 13.5. The second kappa shape index (κ2) is 5.84. The van der Waals surface area contributed by atoms with Crippen molar-refractivity contribution in [3.05, 3.63) is 64.4 Å². The Labute approximate surface area is 117 Å². The van der Waals surface area contributed by atoms with Crippen LogP contribution in [0.2, 0.25) is 0 Å². The Hall–Kier alpha value is -1.88. The van der Waals surface area contributed by atoms with E-state index in [4.69, 9.17) is 4.74 Å². The summed E-state index contributed by atoms with van der Waals surface area (Å²) in [6, 6.07) is 12.4. The number of halogens is 2. The lowest BCUT2D eigenvalue weighted by Gasteiger charge is -2.16. The first-order valence-corrected chi connectivity index (χ1v) is 6.26. The van der Waals surface area contributed by atoms with Crippen LogP contribution >= 0.6 is 15.9 Å². The second-order valence-electron chi connectivity index (χ2n) is 3.82. The molecule has 0 aromatic heterocycles. The molecular formula is C14H10BrFO3. The molecule has 0 fully saturated rings. The van der Waals surface area contributed by atoms with Crippen molar-refractivity contribution >= 4 is 21.9 Å². The molecule has 0 saturated carbocycles. The standard InChI is InChI=1S/C14H10BrFO3/c15-11-8-10(16)6-7-12(11)19-13(14(17)18)9-4-2-1-3-5-9/h1-8,13H,(H,17,18)/t13-/m1/s1. The van der Waals surface area contributed by atoms with E-state index in [1.54, 1.807) is 30.3 Å². The highest BCUT2D eigenvalue weighted by molar-refractivity contribution is 9.10. The molecule has 1 N–H and O–H groups in total. The fraction of sp³-hybridized carbons (Fsp3) is 0.0714. The van der Waals surface area contributed by atoms with Gasteiger partial charge in [-0.2, -0.15) is 0 Å². The van der Waals surface area contributed by atoms with Gasteiger partial charge in [-0.15, -0.1) is 0 Å². The van der Waals surface area contributed by atoms with Crippen molar-refractivity contribution in [2.75, 3.05) is 0 Å². The van der Waals surface area contributed by atoms with Crippen LogP contribution in [-0.4, -0.2) is 11.1 Å². The van der Waals surface area contributed by atoms with Gasteiger partial charge in [-0.05, 0) is 34.1 Å². The number of carbonyl (C=O) groups is 1. The molecule has 0 spiro atoms. The highest BCUT2D eigenvalue weighted by Crippen LogP contribution is 2.30. The maximum Gasteiger partial charge on any atom is 0.349 e. The predicted octanol–water partition coefficient (Wildman–Crippen LogP) is 3.79. The van der Waals surface area contributed by atoms with Gasteiger partial charge in [0.2, 0.25) is 6.10 Å². The molecule has 0 radical (unpaired) electrons. The largest absolute Gasteiger partial charge is 0.478 e. The van der Waals surface area contributed by atoms with E-state index < -0.39 is 17.9 Å². The summed E-state index contributed by atoms with van der Waals surface area (Å²) in [5.41, 5.74) is 0.520. The summed E-state index contributed by atoms with van der Waals surface area (Å²) in [5.74, 6) is -1.26. The van der Waals surface area contributed by atoms with Gasteiger partial charge < -0.3 is 9.84 Å². The molecule has 1 atom stereocenters. The number of aliphatic carboxylic acids is 1. The van der Waals surface area contributed by atoms with Crippen LogP contribution in [0, 0.1) is 5.82 Å². The van der Waals surface area contributed by atoms with Crippen molar-refractivity contribution in [2.45, 2.75) is 6.10 Å². The van der Waals surface area contributed by atoms with Crippen molar-refractivity contribution in [3.63, 3.8) is 0 Å². The average molecular weight is 325 g/mol. The smallest absolute Gasteiger partial charge is 0.349 e. The van der Waals surface area contributed by atoms with Gasteiger partial charge in [0, 0.05) is 5.56 Å². The van der Waals surface area contributed by atoms with Crippen molar-refractivity contribution in [1.82, 2.24) is 0 Å². The molecule has 3 nitrogen and oxygen atoms in total. The van der Waals surface area contributed by atoms with Crippen LogP contribution in [0.5, 0.6) is 5.75 Å². The highest BCUT2D eigenvalue weighted by Gasteiger charge is 2.22. The first-order chi connectivity index (χ1) is 9.08. The SMILES string of the molecule is O=C(O)[C@H](Oc1ccc(F)cc1Br)c1ccccc1. The number of carboxylic acids is 1. The van der Waals surface area contributed by atoms with E-state index in [1.165, 1.54) is 18.2 Å². The molecule has 0 aliphatic carbocycles. The van der Waals surface area contributed by atoms with Gasteiger partial charge in [-0.25, -0.2) is 9.18 Å². The van der Waals surface area contributed by atoms with E-state index in [0.29, 0.717) is 10.0 Å². The Kier molecular flexibility index (Phi) is 4.16. The van der Waals surface area contributed by atoms with Gasteiger partial charge in [-0.1, -0.05) is 30.3 Å². The lowest BCUT2D eigenvalue weighted by molar-refractivity contribution is -0.145. The maximum absolute atomic E-state index is 13.0. The Morgan fingerprint density at radius 1 is 1.21 bits per heavy atom. The van der Waals surface area contributed by atoms with Gasteiger partial charge in [-0.3, -0.25) is 0 Å². The van der Waals surface area contributed by atoms with Gasteiger partial charge in [0.1, 0.15) is 11.6 Å². The zero-order chi connectivity index (χ0) is 13.8. The van der Waals surface area contributed by atoms with Crippen molar-refractivity contribution in [3.8, 4) is 5.75 Å². The Balaban J connectivity index is 2.29. The van der Waals surface area contributed by atoms with Crippen LogP contribution in [0.1, 0.15) is 11.7 Å². The summed E-state index contributed by atoms with van der Waals surface area (Å²) in [6.45, 7) is 0. The minimum atomic E-state index is -1.14. The number of hydrogen-bond acceptors (Lipinski definition) is 2. The van der Waals surface area contributed by atoms with Crippen LogP contribution in [0.3, 0.4) is 0 Å². The average Bonchev–Trinajstić information content (AvgIpc) is 2.38. The third-order valence-corrected chi connectivity index (χ3v) is 3.09. The lowest BCUT2D eigenvalue weighted by Crippen LogP contribution is -2.18. The molecule has 0 unspecified atom stereocenters. The number of hydrogen-bond donors (Lipinski definition) is 1. The van der Waals surface area contributed by atoms with E-state index in [9.17, 15) is 14.3 Å². The second-order valence-corrected chi connectivity index (χ2v) is 4.68. The fourth-order valence-electron chi connectivity index (χ4n) is 1.59. The number of rotatable bonds is 4. The maximum atomic E-state index is 13.0. The monoisotopic (exact) mass is 324 g/mol. The first-order valence-electron chi connectivity index (χ1n) is 5.47. The van der Waals surface area contributed by atoms with Gasteiger partial charge in [0.15, 0.2) is 0 Å². The summed E-state index contributed by atoms with van der Waals surface area (Å²) < 4.78 is 18.8. The predicted molar refractivity (Wildman–Crippen MR) is 71.5 cm³/mol. The highest BCUT2D eigenvalue weighted by atomic mass is 79.9. The van der Waals surface area contributed by atoms with E-state index in [-0.39, 0.29) is 5.75 Å². The summed E-state index contributed by atoms with van der Waals surface area (Å²) >= 11 is 3.14. The van der Waals surface area contributed by atoms with Gasteiger partial charge >= 0.3 is 5.97 Å². The lowest BCUT2D eigenvalue weighted by atomic mass is 10.1. The summed E-state index contributed by atoms with van der Waals surface area (Å²) in [7, 11) is 0. The number of benzene rings is 2. The Bertz CT molecular complexity index is 586. The summed E-state index contributed by atoms with van der Waals surface area (Å²) in [6.07, 6.45) is -1.14. The normalized spacial score (nSPS) is 11.9. The third-order valence-electron chi connectivity index (χ3n) is 2.47. The molecule has 2 aromatic carbocycles. The minimum absolute atomic E-state index is 0.276. The molecular weight excluding hydrogens is 315 g/mol.